The molecule has 0 bridgehead atoms. The molecule has 0 atom stereocenters. The van der Waals surface area contributed by atoms with Crippen molar-refractivity contribution in [1.29, 1.82) is 0 Å². The molecular weight excluding hydrogens is 192 g/mol. The predicted molar refractivity (Wildman–Crippen MR) is 38.2 cm³/mol. The number of carboxylic acid groups (broad SMARTS) is 3. The Balaban J connectivity index is 0. The van der Waals surface area contributed by atoms with Crippen LogP contribution in [0.2, 0.25) is 0 Å². The number of hydrogen-bond acceptors (Lipinski definition) is 3. The Hall–Kier alpha value is -1.30. The monoisotopic (exact) mass is 198 g/mol. The normalized spacial score (nSPS) is 7.75. The molecule has 0 aliphatic rings. The zero-order valence-electron chi connectivity index (χ0n) is 5.86. The van der Waals surface area contributed by atoms with Crippen LogP contribution in [0, 0.1) is 0 Å². The van der Waals surface area contributed by atoms with Gasteiger partial charge in [0, 0.05) is 0 Å². The largest absolute Gasteiger partial charge is 0.481 e. The maximum Gasteiger partial charge on any atom is 0.318 e. The summed E-state index contributed by atoms with van der Waals surface area (Å²) in [7, 11) is 0. The minimum atomic E-state index is -1.31. The zero-order chi connectivity index (χ0) is 10.1. The van der Waals surface area contributed by atoms with E-state index in [1.165, 1.54) is 0 Å². The van der Waals surface area contributed by atoms with Gasteiger partial charge in [0.15, 0.2) is 0 Å². The van der Waals surface area contributed by atoms with E-state index in [0.29, 0.717) is 0 Å². The van der Waals surface area contributed by atoms with Gasteiger partial charge < -0.3 is 15.3 Å². The van der Waals surface area contributed by atoms with Crippen LogP contribution in [0.1, 0.15) is 6.42 Å². The average molecular weight is 199 g/mol. The molecule has 12 heavy (non-hydrogen) atoms. The SMILES string of the molecule is O=C(O)CC(=O)O.O=C(O)CCl. The van der Waals surface area contributed by atoms with Crippen molar-refractivity contribution in [3.05, 3.63) is 0 Å². The Morgan fingerprint density at radius 3 is 1.17 bits per heavy atom. The Morgan fingerprint density at radius 2 is 1.17 bits per heavy atom. The first kappa shape index (κ1) is 13.3. The maximum atomic E-state index is 9.43. The smallest absolute Gasteiger partial charge is 0.318 e. The van der Waals surface area contributed by atoms with Crippen molar-refractivity contribution in [2.75, 3.05) is 5.88 Å². The summed E-state index contributed by atoms with van der Waals surface area (Å²) in [5.74, 6) is -3.91. The van der Waals surface area contributed by atoms with Gasteiger partial charge in [-0.05, 0) is 0 Å². The first-order valence-electron chi connectivity index (χ1n) is 2.61. The summed E-state index contributed by atoms with van der Waals surface area (Å²) in [6.07, 6.45) is -0.806. The molecule has 0 aliphatic carbocycles. The van der Waals surface area contributed by atoms with Crippen LogP contribution in [0.25, 0.3) is 0 Å². The number of hydrogen-bond donors (Lipinski definition) is 3. The third-order valence-corrected chi connectivity index (χ3v) is 0.645. The van der Waals surface area contributed by atoms with Gasteiger partial charge in [-0.25, -0.2) is 0 Å². The lowest BCUT2D eigenvalue weighted by molar-refractivity contribution is -0.147. The Bertz CT molecular complexity index is 165. The molecule has 0 saturated heterocycles. The fourth-order valence-electron chi connectivity index (χ4n) is 0.129. The molecule has 0 aromatic carbocycles. The lowest BCUT2D eigenvalue weighted by Gasteiger charge is -1.80. The molecule has 0 saturated carbocycles. The molecular formula is C5H7ClO6. The van der Waals surface area contributed by atoms with Gasteiger partial charge in [0.1, 0.15) is 12.3 Å². The van der Waals surface area contributed by atoms with Crippen LogP contribution in [0.15, 0.2) is 0 Å². The molecule has 7 heteroatoms. The molecule has 0 radical (unpaired) electrons. The molecule has 0 aliphatic heterocycles. The third-order valence-electron chi connectivity index (χ3n) is 0.417. The van der Waals surface area contributed by atoms with Gasteiger partial charge in [0.05, 0.1) is 0 Å². The van der Waals surface area contributed by atoms with Gasteiger partial charge in [-0.2, -0.15) is 0 Å². The van der Waals surface area contributed by atoms with Crippen LogP contribution in [0.3, 0.4) is 0 Å². The minimum absolute atomic E-state index is 0.306. The van der Waals surface area contributed by atoms with Crippen LogP contribution < -0.4 is 0 Å². The number of carboxylic acids is 3. The lowest BCUT2D eigenvalue weighted by Crippen LogP contribution is -2.03. The summed E-state index contributed by atoms with van der Waals surface area (Å²) < 4.78 is 0. The fourth-order valence-corrected chi connectivity index (χ4v) is 0.129. The molecule has 0 aromatic rings. The van der Waals surface area contributed by atoms with Crippen LogP contribution in [0.4, 0.5) is 0 Å². The third kappa shape index (κ3) is 23.4. The van der Waals surface area contributed by atoms with Crippen molar-refractivity contribution in [1.82, 2.24) is 0 Å². The van der Waals surface area contributed by atoms with Gasteiger partial charge in [0.25, 0.3) is 0 Å². The summed E-state index contributed by atoms with van der Waals surface area (Å²) in [5, 5.41) is 23.0. The molecule has 0 rings (SSSR count). The molecule has 0 unspecified atom stereocenters. The molecule has 6 nitrogen and oxygen atoms in total. The van der Waals surface area contributed by atoms with Crippen molar-refractivity contribution in [3.8, 4) is 0 Å². The zero-order valence-corrected chi connectivity index (χ0v) is 6.61. The topological polar surface area (TPSA) is 112 Å². The van der Waals surface area contributed by atoms with E-state index in [-0.39, 0.29) is 5.88 Å². The van der Waals surface area contributed by atoms with Crippen molar-refractivity contribution >= 4 is 29.5 Å². The molecule has 3 N–H and O–H groups in total. The van der Waals surface area contributed by atoms with E-state index in [1.807, 2.05) is 0 Å². The van der Waals surface area contributed by atoms with E-state index in [9.17, 15) is 14.4 Å². The Kier molecular flexibility index (Phi) is 8.65. The summed E-state index contributed by atoms with van der Waals surface area (Å²) in [6, 6.07) is 0. The number of halogens is 1. The highest BCUT2D eigenvalue weighted by Gasteiger charge is 2.01. The molecule has 0 aromatic heterocycles. The standard InChI is InChI=1S/C3H4O4.C2H3ClO2/c4-2(5)1-3(6)7;3-1-2(4)5/h1H2,(H,4,5)(H,6,7);1H2,(H,4,5). The van der Waals surface area contributed by atoms with Gasteiger partial charge >= 0.3 is 17.9 Å². The summed E-state index contributed by atoms with van der Waals surface area (Å²) >= 11 is 4.74. The minimum Gasteiger partial charge on any atom is -0.481 e. The van der Waals surface area contributed by atoms with E-state index in [4.69, 9.17) is 26.9 Å². The summed E-state index contributed by atoms with van der Waals surface area (Å²) in [5.41, 5.74) is 0. The second-order valence-electron chi connectivity index (χ2n) is 1.49. The van der Waals surface area contributed by atoms with Crippen molar-refractivity contribution in [3.63, 3.8) is 0 Å². The quantitative estimate of drug-likeness (QED) is 0.430. The van der Waals surface area contributed by atoms with Gasteiger partial charge in [-0.1, -0.05) is 0 Å². The molecule has 0 heterocycles. The van der Waals surface area contributed by atoms with Crippen molar-refractivity contribution < 1.29 is 29.7 Å². The highest BCUT2D eigenvalue weighted by molar-refractivity contribution is 6.26. The summed E-state index contributed by atoms with van der Waals surface area (Å²) in [6.45, 7) is 0. The lowest BCUT2D eigenvalue weighted by atomic mass is 10.5. The number of rotatable bonds is 3. The van der Waals surface area contributed by atoms with E-state index in [2.05, 4.69) is 0 Å². The Morgan fingerprint density at radius 1 is 0.917 bits per heavy atom. The highest BCUT2D eigenvalue weighted by Crippen LogP contribution is 1.74. The summed E-state index contributed by atoms with van der Waals surface area (Å²) in [4.78, 5) is 28.1. The van der Waals surface area contributed by atoms with Crippen molar-refractivity contribution in [2.24, 2.45) is 0 Å². The fraction of sp³-hybridized carbons (Fsp3) is 0.400. The first-order valence-corrected chi connectivity index (χ1v) is 3.15. The molecule has 70 valence electrons. The number of alkyl halides is 1. The predicted octanol–water partition coefficient (Wildman–Crippen LogP) is -0.145. The molecule has 0 spiro atoms. The van der Waals surface area contributed by atoms with Gasteiger partial charge in [-0.3, -0.25) is 14.4 Å². The Labute approximate surface area is 72.4 Å². The van der Waals surface area contributed by atoms with Crippen LogP contribution in [-0.2, 0) is 14.4 Å². The van der Waals surface area contributed by atoms with E-state index >= 15 is 0 Å². The number of carbonyl (C=O) groups is 3. The van der Waals surface area contributed by atoms with E-state index in [1.54, 1.807) is 0 Å². The van der Waals surface area contributed by atoms with Gasteiger partial charge in [0.2, 0.25) is 0 Å². The van der Waals surface area contributed by atoms with E-state index < -0.39 is 24.3 Å². The second kappa shape index (κ2) is 7.80. The number of aliphatic carboxylic acids is 3. The molecule has 0 fully saturated rings. The van der Waals surface area contributed by atoms with Gasteiger partial charge in [-0.15, -0.1) is 11.6 Å². The second-order valence-corrected chi connectivity index (χ2v) is 1.76. The van der Waals surface area contributed by atoms with Crippen LogP contribution >= 0.6 is 11.6 Å². The highest BCUT2D eigenvalue weighted by atomic mass is 35.5. The van der Waals surface area contributed by atoms with Crippen molar-refractivity contribution in [2.45, 2.75) is 6.42 Å². The first-order chi connectivity index (χ1) is 5.40. The van der Waals surface area contributed by atoms with Crippen LogP contribution in [-0.4, -0.2) is 39.1 Å². The average Bonchev–Trinajstić information content (AvgIpc) is 1.85. The van der Waals surface area contributed by atoms with E-state index in [0.717, 1.165) is 0 Å². The molecule has 0 amide bonds. The maximum absolute atomic E-state index is 9.43. The van der Waals surface area contributed by atoms with Crippen LogP contribution in [0.5, 0.6) is 0 Å².